The van der Waals surface area contributed by atoms with Gasteiger partial charge in [-0.25, -0.2) is 0 Å². The molecule has 0 radical (unpaired) electrons. The van der Waals surface area contributed by atoms with Crippen LogP contribution in [0.5, 0.6) is 0 Å². The molecule has 6 heteroatoms. The van der Waals surface area contributed by atoms with Crippen molar-refractivity contribution in [2.75, 3.05) is 19.6 Å². The number of piperidine rings is 1. The molecular weight excluding hydrogens is 364 g/mol. The highest BCUT2D eigenvalue weighted by molar-refractivity contribution is 9.11. The number of carbonyl (C=O) groups excluding carboxylic acids is 1. The van der Waals surface area contributed by atoms with Gasteiger partial charge in [-0.2, -0.15) is 0 Å². The summed E-state index contributed by atoms with van der Waals surface area (Å²) < 4.78 is 6.56. The summed E-state index contributed by atoms with van der Waals surface area (Å²) >= 11 is 4.91. The fraction of sp³-hybridized carbons (Fsp3) is 0.438. The van der Waals surface area contributed by atoms with E-state index in [1.54, 1.807) is 6.26 Å². The molecule has 1 N–H and O–H groups in total. The highest BCUT2D eigenvalue weighted by Crippen LogP contribution is 2.25. The van der Waals surface area contributed by atoms with Crippen LogP contribution in [0, 0.1) is 0 Å². The molecule has 0 aromatic carbocycles. The van der Waals surface area contributed by atoms with Gasteiger partial charge in [-0.15, -0.1) is 11.3 Å². The summed E-state index contributed by atoms with van der Waals surface area (Å²) in [6, 6.07) is 5.86. The second-order valence-electron chi connectivity index (χ2n) is 5.48. The number of thiophene rings is 1. The molecule has 4 nitrogen and oxygen atoms in total. The summed E-state index contributed by atoms with van der Waals surface area (Å²) in [4.78, 5) is 14.6. The van der Waals surface area contributed by atoms with Crippen molar-refractivity contribution in [3.05, 3.63) is 45.0 Å². The molecule has 1 unspecified atom stereocenters. The van der Waals surface area contributed by atoms with Gasteiger partial charge < -0.3 is 9.73 Å². The molecule has 1 aliphatic heterocycles. The maximum atomic E-state index is 12.2. The first-order chi connectivity index (χ1) is 10.7. The van der Waals surface area contributed by atoms with E-state index in [-0.39, 0.29) is 11.9 Å². The van der Waals surface area contributed by atoms with Crippen LogP contribution < -0.4 is 5.32 Å². The fourth-order valence-electron chi connectivity index (χ4n) is 2.84. The zero-order valence-electron chi connectivity index (χ0n) is 12.3. The van der Waals surface area contributed by atoms with E-state index in [2.05, 4.69) is 26.1 Å². The molecule has 0 bridgehead atoms. The Bertz CT molecular complexity index is 605. The molecule has 1 amide bonds. The summed E-state index contributed by atoms with van der Waals surface area (Å²) in [7, 11) is 0. The predicted molar refractivity (Wildman–Crippen MR) is 91.2 cm³/mol. The van der Waals surface area contributed by atoms with Gasteiger partial charge in [0.15, 0.2) is 0 Å². The summed E-state index contributed by atoms with van der Waals surface area (Å²) in [6.07, 6.45) is 5.41. The van der Waals surface area contributed by atoms with Gasteiger partial charge in [0.25, 0.3) is 5.91 Å². The fourth-order valence-corrected chi connectivity index (χ4v) is 3.98. The van der Waals surface area contributed by atoms with E-state index in [4.69, 9.17) is 4.42 Å². The molecule has 3 heterocycles. The summed E-state index contributed by atoms with van der Waals surface area (Å²) in [6.45, 7) is 2.69. The lowest BCUT2D eigenvalue weighted by Gasteiger charge is -2.33. The molecule has 0 spiro atoms. The van der Waals surface area contributed by atoms with Gasteiger partial charge >= 0.3 is 0 Å². The topological polar surface area (TPSA) is 45.5 Å². The van der Waals surface area contributed by atoms with Gasteiger partial charge in [0, 0.05) is 11.9 Å². The lowest BCUT2D eigenvalue weighted by Crippen LogP contribution is -2.40. The van der Waals surface area contributed by atoms with Crippen LogP contribution in [0.4, 0.5) is 0 Å². The van der Waals surface area contributed by atoms with Crippen LogP contribution >= 0.6 is 27.3 Å². The molecule has 2 aromatic rings. The number of hydrogen-bond acceptors (Lipinski definition) is 4. The number of halogens is 1. The van der Waals surface area contributed by atoms with Gasteiger partial charge in [0.2, 0.25) is 0 Å². The highest BCUT2D eigenvalue weighted by atomic mass is 79.9. The maximum absolute atomic E-state index is 12.2. The van der Waals surface area contributed by atoms with Crippen LogP contribution in [0.15, 0.2) is 38.0 Å². The SMILES string of the molecule is O=C(NCC(c1ccco1)N1CCCCC1)c1csc(Br)c1. The van der Waals surface area contributed by atoms with E-state index in [9.17, 15) is 4.79 Å². The Kier molecular flexibility index (Phi) is 5.33. The molecule has 118 valence electrons. The predicted octanol–water partition coefficient (Wildman–Crippen LogP) is 4.06. The molecule has 1 fully saturated rings. The zero-order chi connectivity index (χ0) is 15.4. The monoisotopic (exact) mass is 382 g/mol. The number of carbonyl (C=O) groups is 1. The largest absolute Gasteiger partial charge is 0.468 e. The number of furan rings is 1. The van der Waals surface area contributed by atoms with Crippen LogP contribution in [-0.2, 0) is 0 Å². The van der Waals surface area contributed by atoms with Crippen molar-refractivity contribution in [2.45, 2.75) is 25.3 Å². The quantitative estimate of drug-likeness (QED) is 0.847. The lowest BCUT2D eigenvalue weighted by molar-refractivity contribution is 0.0914. The van der Waals surface area contributed by atoms with Crippen LogP contribution in [-0.4, -0.2) is 30.4 Å². The number of nitrogens with one attached hydrogen (secondary N) is 1. The Morgan fingerprint density at radius 1 is 1.41 bits per heavy atom. The van der Waals surface area contributed by atoms with Crippen molar-refractivity contribution < 1.29 is 9.21 Å². The molecular formula is C16H19BrN2O2S. The smallest absolute Gasteiger partial charge is 0.252 e. The lowest BCUT2D eigenvalue weighted by atomic mass is 10.1. The first kappa shape index (κ1) is 15.8. The van der Waals surface area contributed by atoms with E-state index in [0.717, 1.165) is 22.6 Å². The molecule has 22 heavy (non-hydrogen) atoms. The van der Waals surface area contributed by atoms with Crippen LogP contribution in [0.1, 0.15) is 41.4 Å². The van der Waals surface area contributed by atoms with Gasteiger partial charge in [-0.3, -0.25) is 9.69 Å². The number of rotatable bonds is 5. The number of amides is 1. The van der Waals surface area contributed by atoms with Crippen LogP contribution in [0.2, 0.25) is 0 Å². The summed E-state index contributed by atoms with van der Waals surface area (Å²) in [5, 5.41) is 4.91. The average molecular weight is 383 g/mol. The van der Waals surface area contributed by atoms with E-state index >= 15 is 0 Å². The third-order valence-electron chi connectivity index (χ3n) is 3.99. The average Bonchev–Trinajstić information content (AvgIpc) is 3.20. The first-order valence-electron chi connectivity index (χ1n) is 7.54. The molecule has 0 saturated carbocycles. The molecule has 0 aliphatic carbocycles. The Morgan fingerprint density at radius 2 is 2.23 bits per heavy atom. The number of hydrogen-bond donors (Lipinski definition) is 1. The molecule has 3 rings (SSSR count). The van der Waals surface area contributed by atoms with Crippen molar-refractivity contribution in [1.82, 2.24) is 10.2 Å². The van der Waals surface area contributed by atoms with Crippen LogP contribution in [0.25, 0.3) is 0 Å². The molecule has 1 saturated heterocycles. The third kappa shape index (κ3) is 3.80. The molecule has 1 atom stereocenters. The first-order valence-corrected chi connectivity index (χ1v) is 9.21. The molecule has 1 aliphatic rings. The highest BCUT2D eigenvalue weighted by Gasteiger charge is 2.25. The van der Waals surface area contributed by atoms with E-state index in [1.165, 1.54) is 30.6 Å². The standard InChI is InChI=1S/C16H19BrN2O2S/c17-15-9-12(11-22-15)16(20)18-10-13(14-5-4-8-21-14)19-6-2-1-3-7-19/h4-5,8-9,11,13H,1-3,6-7,10H2,(H,18,20). The van der Waals surface area contributed by atoms with E-state index < -0.39 is 0 Å². The third-order valence-corrected chi connectivity index (χ3v) is 5.49. The van der Waals surface area contributed by atoms with E-state index in [0.29, 0.717) is 12.1 Å². The second kappa shape index (κ2) is 7.44. The van der Waals surface area contributed by atoms with Crippen molar-refractivity contribution in [1.29, 1.82) is 0 Å². The Morgan fingerprint density at radius 3 is 2.86 bits per heavy atom. The van der Waals surface area contributed by atoms with Crippen LogP contribution in [0.3, 0.4) is 0 Å². The minimum absolute atomic E-state index is 0.0319. The van der Waals surface area contributed by atoms with Crippen molar-refractivity contribution in [3.63, 3.8) is 0 Å². The number of likely N-dealkylation sites (tertiary alicyclic amines) is 1. The summed E-state index contributed by atoms with van der Waals surface area (Å²) in [5.41, 5.74) is 0.703. The van der Waals surface area contributed by atoms with Crippen molar-refractivity contribution >= 4 is 33.2 Å². The summed E-state index contributed by atoms with van der Waals surface area (Å²) in [5.74, 6) is 0.893. The van der Waals surface area contributed by atoms with Gasteiger partial charge in [0.05, 0.1) is 21.7 Å². The van der Waals surface area contributed by atoms with E-state index in [1.807, 2.05) is 23.6 Å². The van der Waals surface area contributed by atoms with Crippen molar-refractivity contribution in [2.24, 2.45) is 0 Å². The minimum Gasteiger partial charge on any atom is -0.468 e. The second-order valence-corrected chi connectivity index (χ2v) is 7.77. The Labute approximate surface area is 142 Å². The maximum Gasteiger partial charge on any atom is 0.252 e. The van der Waals surface area contributed by atoms with Gasteiger partial charge in [0.1, 0.15) is 5.76 Å². The van der Waals surface area contributed by atoms with Crippen molar-refractivity contribution in [3.8, 4) is 0 Å². The minimum atomic E-state index is -0.0319. The Balaban J connectivity index is 1.66. The normalized spacial score (nSPS) is 17.3. The zero-order valence-corrected chi connectivity index (χ0v) is 14.7. The Hall–Kier alpha value is -1.11. The van der Waals surface area contributed by atoms with Gasteiger partial charge in [-0.05, 0) is 60.1 Å². The molecule has 2 aromatic heterocycles. The van der Waals surface area contributed by atoms with Gasteiger partial charge in [-0.1, -0.05) is 6.42 Å². The number of nitrogens with zero attached hydrogens (tertiary/aromatic N) is 1.